The van der Waals surface area contributed by atoms with E-state index in [0.29, 0.717) is 5.92 Å². The minimum absolute atomic E-state index is 0.527. The van der Waals surface area contributed by atoms with Gasteiger partial charge in [0.2, 0.25) is 0 Å². The number of aryl methyl sites for hydroxylation is 1. The predicted molar refractivity (Wildman–Crippen MR) is 75.5 cm³/mol. The summed E-state index contributed by atoms with van der Waals surface area (Å²) in [5.41, 5.74) is 3.79. The maximum Gasteiger partial charge on any atom is 0.0587 e. The van der Waals surface area contributed by atoms with E-state index in [1.807, 2.05) is 17.9 Å². The summed E-state index contributed by atoms with van der Waals surface area (Å²) in [7, 11) is 3.69. The van der Waals surface area contributed by atoms with Crippen LogP contribution in [0.1, 0.15) is 25.1 Å². The number of nitrogens with one attached hydrogen (secondary N) is 1. The van der Waals surface area contributed by atoms with Gasteiger partial charge in [0.1, 0.15) is 0 Å². The van der Waals surface area contributed by atoms with Gasteiger partial charge in [-0.3, -0.25) is 4.68 Å². The molecule has 1 heterocycles. The second-order valence-corrected chi connectivity index (χ2v) is 4.85. The quantitative estimate of drug-likeness (QED) is 0.753. The fourth-order valence-corrected chi connectivity index (χ4v) is 1.69. The molecule has 0 fully saturated rings. The summed E-state index contributed by atoms with van der Waals surface area (Å²) in [5.74, 6) is 0.527. The summed E-state index contributed by atoms with van der Waals surface area (Å²) in [6.07, 6.45) is 4.17. The fourth-order valence-electron chi connectivity index (χ4n) is 1.69. The van der Waals surface area contributed by atoms with E-state index in [1.165, 1.54) is 16.8 Å². The molecule has 0 bridgehead atoms. The van der Waals surface area contributed by atoms with Crippen LogP contribution in [0, 0.1) is 12.8 Å². The molecular weight excluding hydrogens is 226 g/mol. The molecule has 0 spiro atoms. The highest BCUT2D eigenvalue weighted by molar-refractivity contribution is 5.55. The van der Waals surface area contributed by atoms with Gasteiger partial charge in [-0.05, 0) is 12.8 Å². The van der Waals surface area contributed by atoms with Gasteiger partial charge >= 0.3 is 0 Å². The maximum atomic E-state index is 5.03. The average Bonchev–Trinajstić information content (AvgIpc) is 2.64. The van der Waals surface area contributed by atoms with Crippen molar-refractivity contribution in [2.45, 2.75) is 20.8 Å². The summed E-state index contributed by atoms with van der Waals surface area (Å²) >= 11 is 0. The van der Waals surface area contributed by atoms with Crippen molar-refractivity contribution >= 4 is 6.08 Å². The van der Waals surface area contributed by atoms with Crippen molar-refractivity contribution in [2.24, 2.45) is 13.0 Å². The summed E-state index contributed by atoms with van der Waals surface area (Å²) in [6.45, 7) is 9.06. The molecule has 1 aromatic rings. The molecule has 0 aliphatic heterocycles. The molecule has 0 saturated carbocycles. The van der Waals surface area contributed by atoms with Crippen LogP contribution in [-0.4, -0.2) is 36.6 Å². The number of methoxy groups -OCH3 is 1. The lowest BCUT2D eigenvalue weighted by Crippen LogP contribution is -2.23. The van der Waals surface area contributed by atoms with E-state index < -0.39 is 0 Å². The molecule has 0 radical (unpaired) electrons. The lowest BCUT2D eigenvalue weighted by molar-refractivity contribution is 0.200. The zero-order chi connectivity index (χ0) is 13.5. The third-order valence-electron chi connectivity index (χ3n) is 3.17. The Kier molecular flexibility index (Phi) is 6.09. The van der Waals surface area contributed by atoms with Gasteiger partial charge in [-0.1, -0.05) is 25.5 Å². The number of ether oxygens (including phenoxy) is 1. The number of hydrogen-bond donors (Lipinski definition) is 1. The third-order valence-corrected chi connectivity index (χ3v) is 3.17. The second kappa shape index (κ2) is 7.34. The SMILES string of the molecule is COCCNCC(=Cc1cnn(C)c1C)C(C)C. The molecule has 1 N–H and O–H groups in total. The second-order valence-electron chi connectivity index (χ2n) is 4.85. The van der Waals surface area contributed by atoms with Gasteiger partial charge in [-0.15, -0.1) is 0 Å². The molecule has 0 aliphatic rings. The third kappa shape index (κ3) is 4.27. The average molecular weight is 251 g/mol. The molecule has 4 nitrogen and oxygen atoms in total. The van der Waals surface area contributed by atoms with Crippen molar-refractivity contribution in [3.8, 4) is 0 Å². The lowest BCUT2D eigenvalue weighted by atomic mass is 10.0. The van der Waals surface area contributed by atoms with Crippen molar-refractivity contribution in [3.63, 3.8) is 0 Å². The highest BCUT2D eigenvalue weighted by atomic mass is 16.5. The van der Waals surface area contributed by atoms with Crippen molar-refractivity contribution in [1.29, 1.82) is 0 Å². The molecule has 0 aromatic carbocycles. The first-order valence-corrected chi connectivity index (χ1v) is 6.45. The van der Waals surface area contributed by atoms with Crippen LogP contribution in [0.2, 0.25) is 0 Å². The molecule has 0 amide bonds. The molecule has 1 rings (SSSR count). The Balaban J connectivity index is 2.69. The van der Waals surface area contributed by atoms with E-state index in [-0.39, 0.29) is 0 Å². The van der Waals surface area contributed by atoms with Crippen molar-refractivity contribution in [1.82, 2.24) is 15.1 Å². The smallest absolute Gasteiger partial charge is 0.0587 e. The van der Waals surface area contributed by atoms with Crippen LogP contribution in [0.15, 0.2) is 11.8 Å². The number of nitrogens with zero attached hydrogens (tertiary/aromatic N) is 2. The zero-order valence-corrected chi connectivity index (χ0v) is 12.2. The first-order chi connectivity index (χ1) is 8.56. The molecule has 18 heavy (non-hydrogen) atoms. The molecule has 0 saturated heterocycles. The molecule has 0 aliphatic carbocycles. The standard InChI is InChI=1S/C14H25N3O/c1-11(2)13(9-15-6-7-18-5)8-14-10-16-17(4)12(14)3/h8,10-11,15H,6-7,9H2,1-5H3. The summed E-state index contributed by atoms with van der Waals surface area (Å²) < 4.78 is 6.93. The summed E-state index contributed by atoms with van der Waals surface area (Å²) in [6, 6.07) is 0. The predicted octanol–water partition coefficient (Wildman–Crippen LogP) is 2.00. The Morgan fingerprint density at radius 3 is 2.78 bits per heavy atom. The van der Waals surface area contributed by atoms with E-state index >= 15 is 0 Å². The largest absolute Gasteiger partial charge is 0.383 e. The van der Waals surface area contributed by atoms with Crippen molar-refractivity contribution in [3.05, 3.63) is 23.0 Å². The van der Waals surface area contributed by atoms with Gasteiger partial charge in [-0.25, -0.2) is 0 Å². The molecule has 0 unspecified atom stereocenters. The van der Waals surface area contributed by atoms with E-state index in [2.05, 4.69) is 37.3 Å². The van der Waals surface area contributed by atoms with Gasteiger partial charge < -0.3 is 10.1 Å². The monoisotopic (exact) mass is 251 g/mol. The van der Waals surface area contributed by atoms with Crippen molar-refractivity contribution < 1.29 is 4.74 Å². The van der Waals surface area contributed by atoms with Gasteiger partial charge in [0.05, 0.1) is 12.8 Å². The van der Waals surface area contributed by atoms with Crippen LogP contribution in [0.5, 0.6) is 0 Å². The normalized spacial score (nSPS) is 12.4. The number of aromatic nitrogens is 2. The Labute approximate surface area is 110 Å². The van der Waals surface area contributed by atoms with E-state index in [1.54, 1.807) is 7.11 Å². The maximum absolute atomic E-state index is 5.03. The molecule has 1 aromatic heterocycles. The fraction of sp³-hybridized carbons (Fsp3) is 0.643. The minimum atomic E-state index is 0.527. The number of hydrogen-bond acceptors (Lipinski definition) is 3. The van der Waals surface area contributed by atoms with Gasteiger partial charge in [0.15, 0.2) is 0 Å². The van der Waals surface area contributed by atoms with Gasteiger partial charge in [0.25, 0.3) is 0 Å². The Morgan fingerprint density at radius 2 is 2.28 bits per heavy atom. The Hall–Kier alpha value is -1.13. The first-order valence-electron chi connectivity index (χ1n) is 6.45. The van der Waals surface area contributed by atoms with E-state index in [9.17, 15) is 0 Å². The molecular formula is C14H25N3O. The van der Waals surface area contributed by atoms with E-state index in [4.69, 9.17) is 4.74 Å². The van der Waals surface area contributed by atoms with Crippen LogP contribution in [-0.2, 0) is 11.8 Å². The molecule has 0 atom stereocenters. The lowest BCUT2D eigenvalue weighted by Gasteiger charge is -2.12. The summed E-state index contributed by atoms with van der Waals surface area (Å²) in [5, 5.41) is 7.66. The Morgan fingerprint density at radius 1 is 1.56 bits per heavy atom. The topological polar surface area (TPSA) is 39.1 Å². The van der Waals surface area contributed by atoms with Gasteiger partial charge in [0, 0.05) is 38.5 Å². The Bertz CT molecular complexity index is 394. The van der Waals surface area contributed by atoms with Crippen LogP contribution in [0.3, 0.4) is 0 Å². The van der Waals surface area contributed by atoms with E-state index in [0.717, 1.165) is 19.7 Å². The van der Waals surface area contributed by atoms with Gasteiger partial charge in [-0.2, -0.15) is 5.10 Å². The highest BCUT2D eigenvalue weighted by Crippen LogP contribution is 2.16. The summed E-state index contributed by atoms with van der Waals surface area (Å²) in [4.78, 5) is 0. The molecule has 102 valence electrons. The number of rotatable bonds is 7. The molecule has 4 heteroatoms. The van der Waals surface area contributed by atoms with Crippen LogP contribution in [0.25, 0.3) is 6.08 Å². The van der Waals surface area contributed by atoms with Crippen molar-refractivity contribution in [2.75, 3.05) is 26.8 Å². The zero-order valence-electron chi connectivity index (χ0n) is 12.2. The van der Waals surface area contributed by atoms with Crippen LogP contribution < -0.4 is 5.32 Å². The minimum Gasteiger partial charge on any atom is -0.383 e. The van der Waals surface area contributed by atoms with Crippen LogP contribution >= 0.6 is 0 Å². The van der Waals surface area contributed by atoms with Crippen LogP contribution in [0.4, 0.5) is 0 Å². The first kappa shape index (κ1) is 14.9. The highest BCUT2D eigenvalue weighted by Gasteiger charge is 2.06.